The van der Waals surface area contributed by atoms with E-state index >= 15 is 0 Å². The molecule has 0 aliphatic heterocycles. The molecule has 0 unspecified atom stereocenters. The quantitative estimate of drug-likeness (QED) is 0.474. The molecule has 0 saturated carbocycles. The Morgan fingerprint density at radius 2 is 2.00 bits per heavy atom. The first-order chi connectivity index (χ1) is 5.16. The predicted molar refractivity (Wildman–Crippen MR) is 46.2 cm³/mol. The number of carbonyl (C=O) groups is 2. The molecule has 0 fully saturated rings. The Labute approximate surface area is 71.1 Å². The van der Waals surface area contributed by atoms with Gasteiger partial charge in [-0.1, -0.05) is 0 Å². The molecule has 0 bridgehead atoms. The summed E-state index contributed by atoms with van der Waals surface area (Å²) in [6, 6.07) is 0. The lowest BCUT2D eigenvalue weighted by Crippen LogP contribution is -2.10. The van der Waals surface area contributed by atoms with Gasteiger partial charge in [-0.2, -0.15) is 12.6 Å². The van der Waals surface area contributed by atoms with Crippen molar-refractivity contribution in [1.82, 2.24) is 0 Å². The molecule has 4 heteroatoms. The number of rotatable bonds is 5. The summed E-state index contributed by atoms with van der Waals surface area (Å²) in [5.41, 5.74) is 4.87. The molecule has 0 spiro atoms. The zero-order valence-electron chi connectivity index (χ0n) is 6.12. The second-order valence-corrected chi connectivity index (χ2v) is 2.40. The molecule has 0 aliphatic carbocycles. The van der Waals surface area contributed by atoms with Crippen LogP contribution in [-0.4, -0.2) is 11.7 Å². The fourth-order valence-electron chi connectivity index (χ4n) is 0.603. The Kier molecular flexibility index (Phi) is 5.56. The Balaban J connectivity index is 3.39. The van der Waals surface area contributed by atoms with Crippen molar-refractivity contribution >= 4 is 24.3 Å². The van der Waals surface area contributed by atoms with E-state index in [1.54, 1.807) is 0 Å². The van der Waals surface area contributed by atoms with E-state index in [0.29, 0.717) is 12.8 Å². The maximum Gasteiger partial charge on any atom is 0.217 e. The lowest BCUT2D eigenvalue weighted by atomic mass is 10.2. The van der Waals surface area contributed by atoms with E-state index in [9.17, 15) is 9.59 Å². The monoisotopic (exact) mass is 173 g/mol. The van der Waals surface area contributed by atoms with Crippen LogP contribution in [0.1, 0.15) is 19.3 Å². The van der Waals surface area contributed by atoms with Gasteiger partial charge in [0, 0.05) is 12.8 Å². The largest absolute Gasteiger partial charge is 0.370 e. The molecule has 1 amide bonds. The lowest BCUT2D eigenvalue weighted by Gasteiger charge is -1.92. The lowest BCUT2D eigenvalue weighted by molar-refractivity contribution is -0.118. The summed E-state index contributed by atoms with van der Waals surface area (Å²) in [6.07, 6.45) is 2.52. The number of amides is 1. The molecule has 0 radical (unpaired) electrons. The van der Waals surface area contributed by atoms with Crippen LogP contribution in [0, 0.1) is 0 Å². The molecule has 0 aliphatic rings. The topological polar surface area (TPSA) is 60.2 Å². The van der Waals surface area contributed by atoms with Gasteiger partial charge in [-0.3, -0.25) is 9.59 Å². The second kappa shape index (κ2) is 5.97. The fraction of sp³-hybridized carbons (Fsp3) is 0.429. The van der Waals surface area contributed by atoms with Gasteiger partial charge in [0.05, 0.1) is 0 Å². The van der Waals surface area contributed by atoms with E-state index in [0.717, 1.165) is 0 Å². The summed E-state index contributed by atoms with van der Waals surface area (Å²) in [5, 5.41) is 1.38. The Morgan fingerprint density at radius 1 is 1.36 bits per heavy atom. The van der Waals surface area contributed by atoms with Gasteiger partial charge in [-0.15, -0.1) is 0 Å². The van der Waals surface area contributed by atoms with Gasteiger partial charge in [-0.25, -0.2) is 0 Å². The smallest absolute Gasteiger partial charge is 0.217 e. The zero-order chi connectivity index (χ0) is 8.69. The number of hydrogen-bond acceptors (Lipinski definition) is 3. The number of carbonyl (C=O) groups excluding carboxylic acids is 2. The van der Waals surface area contributed by atoms with E-state index in [-0.39, 0.29) is 18.1 Å². The average Bonchev–Trinajstić information content (AvgIpc) is 1.87. The number of hydrogen-bond donors (Lipinski definition) is 2. The van der Waals surface area contributed by atoms with E-state index in [4.69, 9.17) is 5.73 Å². The molecule has 0 saturated heterocycles. The van der Waals surface area contributed by atoms with Crippen molar-refractivity contribution in [2.45, 2.75) is 19.3 Å². The fourth-order valence-corrected chi connectivity index (χ4v) is 0.770. The van der Waals surface area contributed by atoms with Crippen LogP contribution in [0.4, 0.5) is 0 Å². The van der Waals surface area contributed by atoms with Crippen molar-refractivity contribution in [2.24, 2.45) is 5.73 Å². The first kappa shape index (κ1) is 10.2. The van der Waals surface area contributed by atoms with Crippen LogP contribution in [0.5, 0.6) is 0 Å². The van der Waals surface area contributed by atoms with Crippen LogP contribution in [0.3, 0.4) is 0 Å². The van der Waals surface area contributed by atoms with Crippen molar-refractivity contribution in [3.8, 4) is 0 Å². The first-order valence-electron chi connectivity index (χ1n) is 3.28. The molecule has 0 aromatic rings. The third-order valence-corrected chi connectivity index (χ3v) is 1.26. The van der Waals surface area contributed by atoms with Gasteiger partial charge in [0.25, 0.3) is 0 Å². The normalized spacial score (nSPS) is 10.3. The van der Waals surface area contributed by atoms with Crippen molar-refractivity contribution in [2.75, 3.05) is 0 Å². The van der Waals surface area contributed by atoms with Gasteiger partial charge in [0.2, 0.25) is 5.91 Å². The summed E-state index contributed by atoms with van der Waals surface area (Å²) >= 11 is 3.73. The van der Waals surface area contributed by atoms with Crippen LogP contribution in [-0.2, 0) is 9.59 Å². The molecule has 3 nitrogen and oxygen atoms in total. The van der Waals surface area contributed by atoms with Gasteiger partial charge >= 0.3 is 0 Å². The number of allylic oxidation sites excluding steroid dienone is 1. The standard InChI is InChI=1S/C7H11NO2S/c8-7(10)3-1-2-6(9)4-5-11/h4-5,11H,1-3H2,(H2,8,10)/b5-4+. The Bertz CT molecular complexity index is 177. The minimum absolute atomic E-state index is 0.0266. The highest BCUT2D eigenvalue weighted by atomic mass is 32.1. The number of primary amides is 1. The van der Waals surface area contributed by atoms with Crippen LogP contribution in [0.2, 0.25) is 0 Å². The number of thiol groups is 1. The summed E-state index contributed by atoms with van der Waals surface area (Å²) < 4.78 is 0. The van der Waals surface area contributed by atoms with E-state index < -0.39 is 0 Å². The highest BCUT2D eigenvalue weighted by Crippen LogP contribution is 1.96. The van der Waals surface area contributed by atoms with Gasteiger partial charge < -0.3 is 5.73 Å². The van der Waals surface area contributed by atoms with Crippen molar-refractivity contribution in [3.05, 3.63) is 11.5 Å². The summed E-state index contributed by atoms with van der Waals surface area (Å²) in [5.74, 6) is -0.395. The molecule has 2 N–H and O–H groups in total. The minimum Gasteiger partial charge on any atom is -0.370 e. The summed E-state index contributed by atoms with van der Waals surface area (Å²) in [4.78, 5) is 21.0. The third-order valence-electron chi connectivity index (χ3n) is 1.11. The molecule has 62 valence electrons. The van der Waals surface area contributed by atoms with Crippen molar-refractivity contribution < 1.29 is 9.59 Å². The van der Waals surface area contributed by atoms with Crippen molar-refractivity contribution in [1.29, 1.82) is 0 Å². The van der Waals surface area contributed by atoms with E-state index in [1.165, 1.54) is 11.5 Å². The number of nitrogens with two attached hydrogens (primary N) is 1. The van der Waals surface area contributed by atoms with Gasteiger partial charge in [0.15, 0.2) is 5.78 Å². The molecular formula is C7H11NO2S. The summed E-state index contributed by atoms with van der Waals surface area (Å²) in [7, 11) is 0. The van der Waals surface area contributed by atoms with E-state index in [1.807, 2.05) is 0 Å². The average molecular weight is 173 g/mol. The SMILES string of the molecule is NC(=O)CCCC(=O)/C=C/S. The maximum absolute atomic E-state index is 10.7. The number of ketones is 1. The maximum atomic E-state index is 10.7. The first-order valence-corrected chi connectivity index (χ1v) is 3.80. The molecule has 0 rings (SSSR count). The minimum atomic E-state index is -0.368. The highest BCUT2D eigenvalue weighted by molar-refractivity contribution is 7.83. The molecule has 0 atom stereocenters. The molecular weight excluding hydrogens is 162 g/mol. The summed E-state index contributed by atoms with van der Waals surface area (Å²) in [6.45, 7) is 0. The Hall–Kier alpha value is -0.770. The predicted octanol–water partition coefficient (Wildman–Crippen LogP) is 0.655. The van der Waals surface area contributed by atoms with E-state index in [2.05, 4.69) is 12.6 Å². The van der Waals surface area contributed by atoms with Crippen LogP contribution in [0.25, 0.3) is 0 Å². The molecule has 0 aromatic heterocycles. The molecule has 0 heterocycles. The van der Waals surface area contributed by atoms with Gasteiger partial charge in [0.1, 0.15) is 0 Å². The van der Waals surface area contributed by atoms with Crippen LogP contribution < -0.4 is 5.73 Å². The highest BCUT2D eigenvalue weighted by Gasteiger charge is 1.98. The van der Waals surface area contributed by atoms with Crippen LogP contribution >= 0.6 is 12.6 Å². The van der Waals surface area contributed by atoms with Gasteiger partial charge in [-0.05, 0) is 17.9 Å². The van der Waals surface area contributed by atoms with Crippen molar-refractivity contribution in [3.63, 3.8) is 0 Å². The van der Waals surface area contributed by atoms with Crippen LogP contribution in [0.15, 0.2) is 11.5 Å². The third kappa shape index (κ3) is 7.12. The Morgan fingerprint density at radius 3 is 2.45 bits per heavy atom. The molecule has 0 aromatic carbocycles. The second-order valence-electron chi connectivity index (χ2n) is 2.10. The zero-order valence-corrected chi connectivity index (χ0v) is 7.01. The molecule has 11 heavy (non-hydrogen) atoms.